The predicted octanol–water partition coefficient (Wildman–Crippen LogP) is 5.49. The van der Waals surface area contributed by atoms with E-state index in [0.717, 1.165) is 22.2 Å². The second-order valence-corrected chi connectivity index (χ2v) is 5.76. The molecule has 106 valence electrons. The molecule has 3 rings (SSSR count). The van der Waals surface area contributed by atoms with E-state index in [9.17, 15) is 4.79 Å². The third-order valence-electron chi connectivity index (χ3n) is 3.17. The van der Waals surface area contributed by atoms with Gasteiger partial charge in [-0.2, -0.15) is 0 Å². The molecule has 0 bridgehead atoms. The van der Waals surface area contributed by atoms with E-state index >= 15 is 0 Å². The molecule has 6 heteroatoms. The molecule has 0 unspecified atom stereocenters. The number of halogens is 3. The van der Waals surface area contributed by atoms with Crippen LogP contribution in [0.15, 0.2) is 36.4 Å². The van der Waals surface area contributed by atoms with Crippen molar-refractivity contribution < 1.29 is 9.90 Å². The Morgan fingerprint density at radius 1 is 0.952 bits per heavy atom. The van der Waals surface area contributed by atoms with E-state index in [-0.39, 0.29) is 10.6 Å². The Morgan fingerprint density at radius 3 is 2.38 bits per heavy atom. The van der Waals surface area contributed by atoms with E-state index in [1.54, 1.807) is 24.3 Å². The number of aromatic carboxylic acids is 1. The largest absolute Gasteiger partial charge is 0.478 e. The first-order valence-electron chi connectivity index (χ1n) is 5.96. The highest BCUT2D eigenvalue weighted by Gasteiger charge is 2.12. The maximum absolute atomic E-state index is 11.1. The first kappa shape index (κ1) is 14.3. The van der Waals surface area contributed by atoms with Gasteiger partial charge in [0.2, 0.25) is 0 Å². The lowest BCUT2D eigenvalue weighted by atomic mass is 10.1. The Bertz CT molecular complexity index is 832. The number of aromatic nitrogens is 1. The van der Waals surface area contributed by atoms with Crippen molar-refractivity contribution >= 4 is 51.7 Å². The summed E-state index contributed by atoms with van der Waals surface area (Å²) in [5.41, 5.74) is 2.37. The molecule has 0 aliphatic carbocycles. The molecule has 0 amide bonds. The highest BCUT2D eigenvalue weighted by Crippen LogP contribution is 2.32. The van der Waals surface area contributed by atoms with Crippen LogP contribution in [0.3, 0.4) is 0 Å². The summed E-state index contributed by atoms with van der Waals surface area (Å²) in [5, 5.41) is 11.1. The van der Waals surface area contributed by atoms with Gasteiger partial charge in [-0.15, -0.1) is 0 Å². The average molecular weight is 341 g/mol. The van der Waals surface area contributed by atoms with Crippen molar-refractivity contribution in [3.63, 3.8) is 0 Å². The highest BCUT2D eigenvalue weighted by molar-refractivity contribution is 6.42. The van der Waals surface area contributed by atoms with Crippen LogP contribution >= 0.6 is 34.8 Å². The van der Waals surface area contributed by atoms with Crippen LogP contribution < -0.4 is 0 Å². The summed E-state index contributed by atoms with van der Waals surface area (Å²) in [6.45, 7) is 0. The van der Waals surface area contributed by atoms with Crippen LogP contribution in [0.25, 0.3) is 22.2 Å². The van der Waals surface area contributed by atoms with E-state index < -0.39 is 5.97 Å². The molecule has 1 aromatic heterocycles. The summed E-state index contributed by atoms with van der Waals surface area (Å²) >= 11 is 17.8. The van der Waals surface area contributed by atoms with Gasteiger partial charge in [-0.05, 0) is 35.9 Å². The fourth-order valence-corrected chi connectivity index (χ4v) is 2.67. The summed E-state index contributed by atoms with van der Waals surface area (Å²) in [5.74, 6) is -1.07. The fourth-order valence-electron chi connectivity index (χ4n) is 2.14. The van der Waals surface area contributed by atoms with Crippen LogP contribution in [0.2, 0.25) is 15.1 Å². The number of H-pyrrole nitrogens is 1. The SMILES string of the molecule is O=C(O)c1cc(-c2cc3cc(Cl)c(Cl)cc3[nH]2)ccc1Cl. The van der Waals surface area contributed by atoms with E-state index in [1.807, 2.05) is 6.07 Å². The maximum atomic E-state index is 11.1. The minimum atomic E-state index is -1.07. The molecule has 0 atom stereocenters. The Hall–Kier alpha value is -1.68. The van der Waals surface area contributed by atoms with Crippen LogP contribution in [0.4, 0.5) is 0 Å². The molecule has 2 aromatic carbocycles. The molecule has 3 nitrogen and oxygen atoms in total. The number of nitrogens with one attached hydrogen (secondary N) is 1. The number of carboxylic acids is 1. The van der Waals surface area contributed by atoms with Gasteiger partial charge in [-0.1, -0.05) is 40.9 Å². The van der Waals surface area contributed by atoms with Gasteiger partial charge >= 0.3 is 5.97 Å². The molecule has 1 heterocycles. The second-order valence-electron chi connectivity index (χ2n) is 4.54. The number of hydrogen-bond donors (Lipinski definition) is 2. The number of carbonyl (C=O) groups is 1. The van der Waals surface area contributed by atoms with Gasteiger partial charge in [0, 0.05) is 16.6 Å². The lowest BCUT2D eigenvalue weighted by Crippen LogP contribution is -1.97. The van der Waals surface area contributed by atoms with Gasteiger partial charge in [0.05, 0.1) is 20.6 Å². The molecule has 0 radical (unpaired) electrons. The fraction of sp³-hybridized carbons (Fsp3) is 0. The van der Waals surface area contributed by atoms with E-state index in [0.29, 0.717) is 10.0 Å². The molecule has 0 spiro atoms. The summed E-state index contributed by atoms with van der Waals surface area (Å²) in [6, 6.07) is 10.2. The Morgan fingerprint density at radius 2 is 1.67 bits per heavy atom. The summed E-state index contributed by atoms with van der Waals surface area (Å²) in [6.07, 6.45) is 0. The third kappa shape index (κ3) is 2.60. The lowest BCUT2D eigenvalue weighted by molar-refractivity contribution is 0.0697. The maximum Gasteiger partial charge on any atom is 0.337 e. The van der Waals surface area contributed by atoms with Crippen molar-refractivity contribution in [1.82, 2.24) is 4.98 Å². The molecule has 0 saturated carbocycles. The predicted molar refractivity (Wildman–Crippen MR) is 85.7 cm³/mol. The minimum absolute atomic E-state index is 0.0592. The van der Waals surface area contributed by atoms with Crippen molar-refractivity contribution in [3.8, 4) is 11.3 Å². The van der Waals surface area contributed by atoms with Crippen molar-refractivity contribution in [2.75, 3.05) is 0 Å². The molecule has 2 N–H and O–H groups in total. The van der Waals surface area contributed by atoms with Gasteiger partial charge in [-0.3, -0.25) is 0 Å². The monoisotopic (exact) mass is 339 g/mol. The smallest absolute Gasteiger partial charge is 0.337 e. The summed E-state index contributed by atoms with van der Waals surface area (Å²) < 4.78 is 0. The van der Waals surface area contributed by atoms with Gasteiger partial charge in [0.15, 0.2) is 0 Å². The number of carboxylic acid groups (broad SMARTS) is 1. The topological polar surface area (TPSA) is 53.1 Å². The molecular weight excluding hydrogens is 333 g/mol. The van der Waals surface area contributed by atoms with Gasteiger partial charge in [0.1, 0.15) is 0 Å². The first-order valence-corrected chi connectivity index (χ1v) is 7.10. The van der Waals surface area contributed by atoms with Crippen LogP contribution in [-0.2, 0) is 0 Å². The standard InChI is InChI=1S/C15H8Cl3NO2/c16-10-2-1-7(3-9(10)15(20)21)13-5-8-4-11(17)12(18)6-14(8)19-13/h1-6,19H,(H,20,21). The Kier molecular flexibility index (Phi) is 3.57. The molecule has 3 aromatic rings. The third-order valence-corrected chi connectivity index (χ3v) is 4.22. The Labute approximate surface area is 135 Å². The van der Waals surface area contributed by atoms with Crippen molar-refractivity contribution in [1.29, 1.82) is 0 Å². The number of rotatable bonds is 2. The highest BCUT2D eigenvalue weighted by atomic mass is 35.5. The summed E-state index contributed by atoms with van der Waals surface area (Å²) in [4.78, 5) is 14.3. The Balaban J connectivity index is 2.16. The minimum Gasteiger partial charge on any atom is -0.478 e. The van der Waals surface area contributed by atoms with Gasteiger partial charge in [0.25, 0.3) is 0 Å². The van der Waals surface area contributed by atoms with Gasteiger partial charge < -0.3 is 10.1 Å². The quantitative estimate of drug-likeness (QED) is 0.648. The lowest BCUT2D eigenvalue weighted by Gasteiger charge is -2.02. The average Bonchev–Trinajstić information content (AvgIpc) is 2.82. The van der Waals surface area contributed by atoms with E-state index in [4.69, 9.17) is 39.9 Å². The van der Waals surface area contributed by atoms with Gasteiger partial charge in [-0.25, -0.2) is 4.79 Å². The van der Waals surface area contributed by atoms with E-state index in [2.05, 4.69) is 4.98 Å². The number of aromatic amines is 1. The van der Waals surface area contributed by atoms with Crippen molar-refractivity contribution in [3.05, 3.63) is 57.0 Å². The van der Waals surface area contributed by atoms with Crippen LogP contribution in [0.1, 0.15) is 10.4 Å². The van der Waals surface area contributed by atoms with Crippen molar-refractivity contribution in [2.45, 2.75) is 0 Å². The number of fused-ring (bicyclic) bond motifs is 1. The molecule has 0 saturated heterocycles. The number of hydrogen-bond acceptors (Lipinski definition) is 1. The molecular formula is C15H8Cl3NO2. The van der Waals surface area contributed by atoms with Crippen LogP contribution in [-0.4, -0.2) is 16.1 Å². The van der Waals surface area contributed by atoms with Crippen LogP contribution in [0, 0.1) is 0 Å². The number of benzene rings is 2. The normalized spacial score (nSPS) is 11.0. The first-order chi connectivity index (χ1) is 9.95. The molecule has 0 aliphatic rings. The molecule has 21 heavy (non-hydrogen) atoms. The van der Waals surface area contributed by atoms with Crippen LogP contribution in [0.5, 0.6) is 0 Å². The second kappa shape index (κ2) is 5.26. The zero-order valence-electron chi connectivity index (χ0n) is 10.5. The zero-order chi connectivity index (χ0) is 15.1. The van der Waals surface area contributed by atoms with E-state index in [1.165, 1.54) is 6.07 Å². The molecule has 0 fully saturated rings. The zero-order valence-corrected chi connectivity index (χ0v) is 12.7. The molecule has 0 aliphatic heterocycles. The van der Waals surface area contributed by atoms with Crippen molar-refractivity contribution in [2.24, 2.45) is 0 Å². The summed E-state index contributed by atoms with van der Waals surface area (Å²) in [7, 11) is 0.